The van der Waals surface area contributed by atoms with Crippen LogP contribution in [0.5, 0.6) is 0 Å². The van der Waals surface area contributed by atoms with E-state index in [0.717, 1.165) is 22.9 Å². The van der Waals surface area contributed by atoms with E-state index in [4.69, 9.17) is 16.3 Å². The summed E-state index contributed by atoms with van der Waals surface area (Å²) in [5, 5.41) is 1.41. The quantitative estimate of drug-likeness (QED) is 0.786. The number of likely N-dealkylation sites (tertiary alicyclic amines) is 1. The minimum absolute atomic E-state index is 0.0924. The largest absolute Gasteiger partial charge is 0.466 e. The van der Waals surface area contributed by atoms with Crippen molar-refractivity contribution in [1.82, 2.24) is 4.90 Å². The number of benzene rings is 1. The summed E-state index contributed by atoms with van der Waals surface area (Å²) in [7, 11) is 0. The molecule has 0 radical (unpaired) electrons. The minimum atomic E-state index is -0.235. The van der Waals surface area contributed by atoms with Gasteiger partial charge in [-0.05, 0) is 25.8 Å². The van der Waals surface area contributed by atoms with Crippen molar-refractivity contribution in [2.45, 2.75) is 19.8 Å². The van der Waals surface area contributed by atoms with Gasteiger partial charge in [0.15, 0.2) is 0 Å². The summed E-state index contributed by atoms with van der Waals surface area (Å²) in [6.07, 6.45) is 1.57. The van der Waals surface area contributed by atoms with Crippen LogP contribution in [0.3, 0.4) is 0 Å². The first-order chi connectivity index (χ1) is 11.1. The van der Waals surface area contributed by atoms with Gasteiger partial charge < -0.3 is 9.64 Å². The van der Waals surface area contributed by atoms with Gasteiger partial charge in [-0.1, -0.05) is 29.8 Å². The molecule has 2 aromatic rings. The lowest BCUT2D eigenvalue weighted by molar-refractivity contribution is -0.149. The molecule has 3 rings (SSSR count). The number of piperidine rings is 1. The molecule has 0 saturated carbocycles. The Morgan fingerprint density at radius 1 is 1.39 bits per heavy atom. The van der Waals surface area contributed by atoms with E-state index in [1.807, 2.05) is 24.3 Å². The molecule has 0 N–H and O–H groups in total. The number of hydrogen-bond acceptors (Lipinski definition) is 4. The fourth-order valence-corrected chi connectivity index (χ4v) is 4.39. The maximum absolute atomic E-state index is 12.8. The van der Waals surface area contributed by atoms with Gasteiger partial charge in [0.05, 0.1) is 17.5 Å². The van der Waals surface area contributed by atoms with Crippen LogP contribution in [0.25, 0.3) is 10.1 Å². The number of esters is 1. The van der Waals surface area contributed by atoms with Crippen LogP contribution >= 0.6 is 22.9 Å². The topological polar surface area (TPSA) is 46.6 Å². The molecule has 1 aromatic heterocycles. The first kappa shape index (κ1) is 16.3. The van der Waals surface area contributed by atoms with Gasteiger partial charge in [-0.15, -0.1) is 11.3 Å². The number of hydrogen-bond donors (Lipinski definition) is 0. The summed E-state index contributed by atoms with van der Waals surface area (Å²) in [4.78, 5) is 27.0. The molecule has 0 aliphatic carbocycles. The molecular formula is C17H18ClNO3S. The monoisotopic (exact) mass is 351 g/mol. The Hall–Kier alpha value is -1.59. The van der Waals surface area contributed by atoms with Crippen molar-refractivity contribution >= 4 is 44.9 Å². The maximum Gasteiger partial charge on any atom is 0.310 e. The summed E-state index contributed by atoms with van der Waals surface area (Å²) in [5.74, 6) is -0.543. The number of carbonyl (C=O) groups is 2. The second kappa shape index (κ2) is 6.89. The SMILES string of the molecule is CCOC(=O)[C@H]1CCCN(C(=O)c2sc3ccccc3c2Cl)C1. The predicted octanol–water partition coefficient (Wildman–Crippen LogP) is 3.97. The van der Waals surface area contributed by atoms with Crippen molar-refractivity contribution in [2.24, 2.45) is 5.92 Å². The van der Waals surface area contributed by atoms with Crippen molar-refractivity contribution in [3.63, 3.8) is 0 Å². The van der Waals surface area contributed by atoms with E-state index in [1.165, 1.54) is 11.3 Å². The van der Waals surface area contributed by atoms with E-state index in [0.29, 0.717) is 29.6 Å². The molecule has 1 aliphatic rings. The number of fused-ring (bicyclic) bond motifs is 1. The number of amides is 1. The molecule has 0 unspecified atom stereocenters. The van der Waals surface area contributed by atoms with Crippen LogP contribution in [0.4, 0.5) is 0 Å². The molecule has 1 atom stereocenters. The van der Waals surface area contributed by atoms with Crippen LogP contribution in [0.1, 0.15) is 29.4 Å². The van der Waals surface area contributed by atoms with Gasteiger partial charge in [0.1, 0.15) is 4.88 Å². The van der Waals surface area contributed by atoms with Gasteiger partial charge in [0.25, 0.3) is 5.91 Å². The summed E-state index contributed by atoms with van der Waals surface area (Å²) < 4.78 is 6.09. The van der Waals surface area contributed by atoms with Gasteiger partial charge in [0, 0.05) is 23.2 Å². The number of nitrogens with zero attached hydrogens (tertiary/aromatic N) is 1. The Morgan fingerprint density at radius 2 is 2.17 bits per heavy atom. The van der Waals surface area contributed by atoms with E-state index in [9.17, 15) is 9.59 Å². The Bertz CT molecular complexity index is 743. The Labute approximate surface area is 144 Å². The maximum atomic E-state index is 12.8. The summed E-state index contributed by atoms with van der Waals surface area (Å²) >= 11 is 7.80. The fraction of sp³-hybridized carbons (Fsp3) is 0.412. The highest BCUT2D eigenvalue weighted by Gasteiger charge is 2.31. The minimum Gasteiger partial charge on any atom is -0.466 e. The third-order valence-electron chi connectivity index (χ3n) is 4.06. The molecule has 1 fully saturated rings. The lowest BCUT2D eigenvalue weighted by Crippen LogP contribution is -2.42. The second-order valence-corrected chi connectivity index (χ2v) is 7.01. The molecule has 2 heterocycles. The number of thiophene rings is 1. The highest BCUT2D eigenvalue weighted by Crippen LogP contribution is 2.36. The third kappa shape index (κ3) is 3.21. The second-order valence-electron chi connectivity index (χ2n) is 5.58. The zero-order chi connectivity index (χ0) is 16.4. The van der Waals surface area contributed by atoms with E-state index in [1.54, 1.807) is 11.8 Å². The fourth-order valence-electron chi connectivity index (χ4n) is 2.91. The van der Waals surface area contributed by atoms with Crippen LogP contribution < -0.4 is 0 Å². The third-order valence-corrected chi connectivity index (χ3v) is 5.72. The number of carbonyl (C=O) groups excluding carboxylic acids is 2. The van der Waals surface area contributed by atoms with E-state index < -0.39 is 0 Å². The van der Waals surface area contributed by atoms with Crippen molar-refractivity contribution < 1.29 is 14.3 Å². The lowest BCUT2D eigenvalue weighted by atomic mass is 9.98. The molecule has 6 heteroatoms. The molecular weight excluding hydrogens is 334 g/mol. The molecule has 0 spiro atoms. The molecule has 0 bridgehead atoms. The first-order valence-electron chi connectivity index (χ1n) is 7.74. The van der Waals surface area contributed by atoms with Crippen LogP contribution in [-0.2, 0) is 9.53 Å². The molecule has 1 amide bonds. The standard InChI is InChI=1S/C17H18ClNO3S/c1-2-22-17(21)11-6-5-9-19(10-11)16(20)15-14(18)12-7-3-4-8-13(12)23-15/h3-4,7-8,11H,2,5-6,9-10H2,1H3/t11-/m0/s1. The van der Waals surface area contributed by atoms with Crippen LogP contribution in [0.15, 0.2) is 24.3 Å². The lowest BCUT2D eigenvalue weighted by Gasteiger charge is -2.31. The zero-order valence-electron chi connectivity index (χ0n) is 12.9. The Balaban J connectivity index is 1.81. The van der Waals surface area contributed by atoms with Gasteiger partial charge >= 0.3 is 5.97 Å². The summed E-state index contributed by atoms with van der Waals surface area (Å²) in [5.41, 5.74) is 0. The summed E-state index contributed by atoms with van der Waals surface area (Å²) in [6.45, 7) is 3.22. The van der Waals surface area contributed by atoms with Gasteiger partial charge in [-0.25, -0.2) is 0 Å². The molecule has 1 aliphatic heterocycles. The number of rotatable bonds is 3. The van der Waals surface area contributed by atoms with E-state index in [2.05, 4.69) is 0 Å². The van der Waals surface area contributed by atoms with Crippen molar-refractivity contribution in [1.29, 1.82) is 0 Å². The zero-order valence-corrected chi connectivity index (χ0v) is 14.5. The van der Waals surface area contributed by atoms with Crippen LogP contribution in [0.2, 0.25) is 5.02 Å². The first-order valence-corrected chi connectivity index (χ1v) is 8.94. The van der Waals surface area contributed by atoms with Crippen LogP contribution in [0, 0.1) is 5.92 Å². The van der Waals surface area contributed by atoms with Gasteiger partial charge in [0.2, 0.25) is 0 Å². The summed E-state index contributed by atoms with van der Waals surface area (Å²) in [6, 6.07) is 7.72. The number of ether oxygens (including phenoxy) is 1. The van der Waals surface area contributed by atoms with E-state index >= 15 is 0 Å². The van der Waals surface area contributed by atoms with Crippen molar-refractivity contribution in [3.05, 3.63) is 34.2 Å². The highest BCUT2D eigenvalue weighted by molar-refractivity contribution is 7.21. The highest BCUT2D eigenvalue weighted by atomic mass is 35.5. The van der Waals surface area contributed by atoms with Crippen LogP contribution in [-0.4, -0.2) is 36.5 Å². The van der Waals surface area contributed by atoms with E-state index in [-0.39, 0.29) is 17.8 Å². The smallest absolute Gasteiger partial charge is 0.310 e. The molecule has 1 aromatic carbocycles. The van der Waals surface area contributed by atoms with Crippen molar-refractivity contribution in [2.75, 3.05) is 19.7 Å². The molecule has 23 heavy (non-hydrogen) atoms. The molecule has 122 valence electrons. The van der Waals surface area contributed by atoms with Gasteiger partial charge in [-0.2, -0.15) is 0 Å². The van der Waals surface area contributed by atoms with Crippen molar-refractivity contribution in [3.8, 4) is 0 Å². The Kier molecular flexibility index (Phi) is 4.87. The Morgan fingerprint density at radius 3 is 2.91 bits per heavy atom. The average molecular weight is 352 g/mol. The molecule has 4 nitrogen and oxygen atoms in total. The average Bonchev–Trinajstić information content (AvgIpc) is 2.92. The molecule has 1 saturated heterocycles. The van der Waals surface area contributed by atoms with Gasteiger partial charge in [-0.3, -0.25) is 9.59 Å². The normalized spacial score (nSPS) is 18.2. The number of halogens is 1. The predicted molar refractivity (Wildman–Crippen MR) is 92.1 cm³/mol.